The highest BCUT2D eigenvalue weighted by atomic mass is 19.1. The lowest BCUT2D eigenvalue weighted by Gasteiger charge is -2.18. The van der Waals surface area contributed by atoms with Crippen LogP contribution in [0.4, 0.5) is 8.78 Å². The molecule has 142 valence electrons. The van der Waals surface area contributed by atoms with E-state index < -0.39 is 29.2 Å². The van der Waals surface area contributed by atoms with Crippen LogP contribution >= 0.6 is 0 Å². The highest BCUT2D eigenvalue weighted by molar-refractivity contribution is 5.90. The van der Waals surface area contributed by atoms with Gasteiger partial charge in [-0.05, 0) is 30.2 Å². The summed E-state index contributed by atoms with van der Waals surface area (Å²) in [5.41, 5.74) is 2.32. The first-order valence-electron chi connectivity index (χ1n) is 8.77. The van der Waals surface area contributed by atoms with Crippen molar-refractivity contribution in [2.24, 2.45) is 5.92 Å². The summed E-state index contributed by atoms with van der Waals surface area (Å²) in [6.45, 7) is 2.21. The van der Waals surface area contributed by atoms with E-state index in [0.717, 1.165) is 11.1 Å². The average molecular weight is 373 g/mol. The van der Waals surface area contributed by atoms with Crippen molar-refractivity contribution >= 4 is 11.7 Å². The number of hydrogen-bond donors (Lipinski definition) is 1. The molecule has 0 aromatic heterocycles. The quantitative estimate of drug-likeness (QED) is 0.845. The van der Waals surface area contributed by atoms with Crippen molar-refractivity contribution in [2.45, 2.75) is 25.7 Å². The van der Waals surface area contributed by atoms with Crippen molar-refractivity contribution in [3.63, 3.8) is 0 Å². The molecule has 0 bridgehead atoms. The zero-order chi connectivity index (χ0) is 19.6. The molecule has 0 unspecified atom stereocenters. The minimum atomic E-state index is -0.823. The summed E-state index contributed by atoms with van der Waals surface area (Å²) in [7, 11) is 1.19. The average Bonchev–Trinajstić information content (AvgIpc) is 2.97. The molecule has 0 radical (unpaired) electrons. The predicted octanol–water partition coefficient (Wildman–Crippen LogP) is 3.31. The van der Waals surface area contributed by atoms with Gasteiger partial charge in [-0.25, -0.2) is 8.78 Å². The fourth-order valence-corrected chi connectivity index (χ4v) is 3.49. The maximum Gasteiger partial charge on any atom is 0.224 e. The van der Waals surface area contributed by atoms with Crippen molar-refractivity contribution in [1.29, 1.82) is 0 Å². The van der Waals surface area contributed by atoms with E-state index >= 15 is 0 Å². The highest BCUT2D eigenvalue weighted by Gasteiger charge is 2.37. The molecule has 2 aromatic rings. The normalized spacial score (nSPS) is 19.0. The second kappa shape index (κ2) is 7.86. The van der Waals surface area contributed by atoms with Crippen LogP contribution in [-0.2, 0) is 16.0 Å². The Morgan fingerprint density at radius 2 is 1.81 bits per heavy atom. The lowest BCUT2D eigenvalue weighted by molar-refractivity contribution is -0.127. The van der Waals surface area contributed by atoms with E-state index in [0.29, 0.717) is 5.56 Å². The smallest absolute Gasteiger partial charge is 0.224 e. The molecule has 3 rings (SSSR count). The summed E-state index contributed by atoms with van der Waals surface area (Å²) in [4.78, 5) is 24.7. The summed E-state index contributed by atoms with van der Waals surface area (Å²) in [6.07, 6.45) is 0.252. The molecular formula is C21H21F2NO3. The van der Waals surface area contributed by atoms with Crippen molar-refractivity contribution in [1.82, 2.24) is 5.32 Å². The van der Waals surface area contributed by atoms with Gasteiger partial charge in [-0.2, -0.15) is 0 Å². The molecule has 4 nitrogen and oxygen atoms in total. The van der Waals surface area contributed by atoms with Crippen LogP contribution in [0.3, 0.4) is 0 Å². The van der Waals surface area contributed by atoms with E-state index in [1.54, 1.807) is 0 Å². The molecule has 1 saturated heterocycles. The fourth-order valence-electron chi connectivity index (χ4n) is 3.49. The zero-order valence-corrected chi connectivity index (χ0v) is 15.2. The number of rotatable bonds is 6. The van der Waals surface area contributed by atoms with Gasteiger partial charge in [-0.1, -0.05) is 29.8 Å². The Morgan fingerprint density at radius 1 is 1.19 bits per heavy atom. The second-order valence-corrected chi connectivity index (χ2v) is 6.88. The number of ketones is 1. The lowest BCUT2D eigenvalue weighted by Crippen LogP contribution is -2.23. The molecule has 6 heteroatoms. The lowest BCUT2D eigenvalue weighted by atomic mass is 9.84. The van der Waals surface area contributed by atoms with Gasteiger partial charge in [0.1, 0.15) is 5.78 Å². The second-order valence-electron chi connectivity index (χ2n) is 6.88. The number of amides is 1. The van der Waals surface area contributed by atoms with Crippen LogP contribution in [0, 0.1) is 24.5 Å². The first-order chi connectivity index (χ1) is 12.9. The fraction of sp³-hybridized carbons (Fsp3) is 0.333. The van der Waals surface area contributed by atoms with E-state index in [4.69, 9.17) is 4.74 Å². The van der Waals surface area contributed by atoms with Gasteiger partial charge in [-0.15, -0.1) is 0 Å². The Hall–Kier alpha value is -2.76. The third kappa shape index (κ3) is 4.15. The van der Waals surface area contributed by atoms with Crippen LogP contribution in [0.25, 0.3) is 0 Å². The van der Waals surface area contributed by atoms with Gasteiger partial charge in [-0.3, -0.25) is 9.59 Å². The maximum atomic E-state index is 14.0. The topological polar surface area (TPSA) is 55.4 Å². The maximum absolute atomic E-state index is 14.0. The van der Waals surface area contributed by atoms with Crippen molar-refractivity contribution < 1.29 is 23.1 Å². The number of ether oxygens (including phenoxy) is 1. The SMILES string of the molecule is COc1c(F)cc([C@@H]2CNC(=O)[C@H]2CC(=O)Cc2ccc(C)cc2)cc1F. The predicted molar refractivity (Wildman–Crippen MR) is 96.7 cm³/mol. The molecule has 1 N–H and O–H groups in total. The van der Waals surface area contributed by atoms with Crippen LogP contribution in [0.1, 0.15) is 29.0 Å². The van der Waals surface area contributed by atoms with Crippen LogP contribution in [0.2, 0.25) is 0 Å². The number of carbonyl (C=O) groups excluding carboxylic acids is 2. The van der Waals surface area contributed by atoms with Crippen molar-refractivity contribution in [2.75, 3.05) is 13.7 Å². The van der Waals surface area contributed by atoms with Gasteiger partial charge in [0.15, 0.2) is 17.4 Å². The van der Waals surface area contributed by atoms with Crippen molar-refractivity contribution in [3.05, 3.63) is 64.7 Å². The van der Waals surface area contributed by atoms with Crippen LogP contribution in [0.15, 0.2) is 36.4 Å². The van der Waals surface area contributed by atoms with Gasteiger partial charge in [0.2, 0.25) is 5.91 Å². The van der Waals surface area contributed by atoms with E-state index in [2.05, 4.69) is 5.32 Å². The first kappa shape index (κ1) is 19.0. The Balaban J connectivity index is 1.76. The van der Waals surface area contributed by atoms with E-state index in [1.165, 1.54) is 19.2 Å². The van der Waals surface area contributed by atoms with Gasteiger partial charge in [0.05, 0.1) is 13.0 Å². The molecule has 2 aromatic carbocycles. The number of nitrogens with one attached hydrogen (secondary N) is 1. The van der Waals surface area contributed by atoms with E-state index in [-0.39, 0.29) is 31.1 Å². The number of Topliss-reactive ketones (excluding diaryl/α,β-unsaturated/α-hetero) is 1. The summed E-state index contributed by atoms with van der Waals surface area (Å²) in [6, 6.07) is 9.96. The molecule has 1 aliphatic rings. The zero-order valence-electron chi connectivity index (χ0n) is 15.2. The number of benzene rings is 2. The van der Waals surface area contributed by atoms with Gasteiger partial charge in [0, 0.05) is 25.3 Å². The molecule has 0 spiro atoms. The Morgan fingerprint density at radius 3 is 2.41 bits per heavy atom. The minimum absolute atomic E-state index is 0.0274. The van der Waals surface area contributed by atoms with Crippen LogP contribution in [0.5, 0.6) is 5.75 Å². The van der Waals surface area contributed by atoms with Crippen LogP contribution in [-0.4, -0.2) is 25.3 Å². The molecule has 0 aliphatic carbocycles. The van der Waals surface area contributed by atoms with Gasteiger partial charge < -0.3 is 10.1 Å². The molecule has 1 aliphatic heterocycles. The van der Waals surface area contributed by atoms with Gasteiger partial charge in [0.25, 0.3) is 0 Å². The first-order valence-corrected chi connectivity index (χ1v) is 8.77. The Kier molecular flexibility index (Phi) is 5.54. The molecule has 27 heavy (non-hydrogen) atoms. The highest BCUT2D eigenvalue weighted by Crippen LogP contribution is 2.35. The number of halogens is 2. The molecule has 1 amide bonds. The number of methoxy groups -OCH3 is 1. The minimum Gasteiger partial charge on any atom is -0.491 e. The summed E-state index contributed by atoms with van der Waals surface area (Å²) < 4.78 is 32.8. The van der Waals surface area contributed by atoms with Crippen molar-refractivity contribution in [3.8, 4) is 5.75 Å². The molecule has 2 atom stereocenters. The summed E-state index contributed by atoms with van der Waals surface area (Å²) in [5.74, 6) is -3.56. The largest absolute Gasteiger partial charge is 0.491 e. The monoisotopic (exact) mass is 373 g/mol. The third-order valence-electron chi connectivity index (χ3n) is 4.94. The van der Waals surface area contributed by atoms with Crippen LogP contribution < -0.4 is 10.1 Å². The third-order valence-corrected chi connectivity index (χ3v) is 4.94. The molecule has 1 fully saturated rings. The van der Waals surface area contributed by atoms with E-state index in [9.17, 15) is 18.4 Å². The van der Waals surface area contributed by atoms with E-state index in [1.807, 2.05) is 31.2 Å². The molecule has 0 saturated carbocycles. The summed E-state index contributed by atoms with van der Waals surface area (Å²) >= 11 is 0. The summed E-state index contributed by atoms with van der Waals surface area (Å²) in [5, 5.41) is 2.70. The number of carbonyl (C=O) groups is 2. The standard InChI is InChI=1S/C21H21F2NO3/c1-12-3-5-13(6-4-12)7-15(25)10-16-17(11-24-21(16)26)14-8-18(22)20(27-2)19(23)9-14/h3-6,8-9,16-17H,7,10-11H2,1-2H3,(H,24,26)/t16-,17-/m0/s1. The molecule has 1 heterocycles. The Labute approximate surface area is 156 Å². The van der Waals surface area contributed by atoms with Gasteiger partial charge >= 0.3 is 0 Å². The number of hydrogen-bond acceptors (Lipinski definition) is 3. The number of aryl methyl sites for hydroxylation is 1. The Bertz CT molecular complexity index is 841. The molecular weight excluding hydrogens is 352 g/mol.